The number of aliphatic hydroxyl groups is 1. The van der Waals surface area contributed by atoms with E-state index in [4.69, 9.17) is 21.4 Å². The highest BCUT2D eigenvalue weighted by Gasteiger charge is 2.38. The number of sulfonamides is 1. The Kier molecular flexibility index (Phi) is 5.25. The summed E-state index contributed by atoms with van der Waals surface area (Å²) < 4.78 is 66.4. The van der Waals surface area contributed by atoms with Gasteiger partial charge in [0, 0.05) is 17.6 Å². The second kappa shape index (κ2) is 6.17. The van der Waals surface area contributed by atoms with E-state index in [0.717, 1.165) is 6.07 Å². The molecule has 0 saturated carbocycles. The van der Waals surface area contributed by atoms with E-state index in [1.54, 1.807) is 4.72 Å². The minimum absolute atomic E-state index is 0.119. The third-order valence-electron chi connectivity index (χ3n) is 2.26. The second-order valence-corrected chi connectivity index (χ2v) is 5.88. The molecular formula is C10H11ClF3NO4S. The summed E-state index contributed by atoms with van der Waals surface area (Å²) in [5.41, 5.74) is 0. The summed E-state index contributed by atoms with van der Waals surface area (Å²) in [7, 11) is -3.08. The highest BCUT2D eigenvalue weighted by Crippen LogP contribution is 2.27. The lowest BCUT2D eigenvalue weighted by Gasteiger charge is -2.16. The number of halogens is 4. The van der Waals surface area contributed by atoms with Crippen LogP contribution in [0.4, 0.5) is 13.2 Å². The van der Waals surface area contributed by atoms with E-state index < -0.39 is 28.8 Å². The Morgan fingerprint density at radius 3 is 2.55 bits per heavy atom. The van der Waals surface area contributed by atoms with Gasteiger partial charge in [0.25, 0.3) is 0 Å². The quantitative estimate of drug-likeness (QED) is 0.857. The number of nitrogens with one attached hydrogen (secondary N) is 1. The molecule has 1 aromatic rings. The normalized spacial score (nSPS) is 14.1. The zero-order valence-corrected chi connectivity index (χ0v) is 11.7. The fraction of sp³-hybridized carbons (Fsp3) is 0.400. The maximum absolute atomic E-state index is 12.1. The van der Waals surface area contributed by atoms with Gasteiger partial charge in [-0.1, -0.05) is 11.6 Å². The highest BCUT2D eigenvalue weighted by atomic mass is 35.5. The molecule has 0 aliphatic rings. The van der Waals surface area contributed by atoms with Gasteiger partial charge in [0.05, 0.1) is 7.11 Å². The smallest absolute Gasteiger partial charge is 0.415 e. The van der Waals surface area contributed by atoms with Crippen molar-refractivity contribution in [3.05, 3.63) is 23.2 Å². The monoisotopic (exact) mass is 333 g/mol. The third kappa shape index (κ3) is 4.23. The number of hydrogen-bond donors (Lipinski definition) is 2. The van der Waals surface area contributed by atoms with E-state index in [-0.39, 0.29) is 15.7 Å². The molecule has 0 aromatic heterocycles. The van der Waals surface area contributed by atoms with Gasteiger partial charge in [-0.3, -0.25) is 0 Å². The number of methoxy groups -OCH3 is 1. The SMILES string of the molecule is COc1cc(Cl)ccc1S(=O)(=O)NCC(O)C(F)(F)F. The minimum Gasteiger partial charge on any atom is -0.495 e. The van der Waals surface area contributed by atoms with E-state index in [2.05, 4.69) is 0 Å². The number of aliphatic hydroxyl groups excluding tert-OH is 1. The predicted molar refractivity (Wildman–Crippen MR) is 65.3 cm³/mol. The van der Waals surface area contributed by atoms with Crippen LogP contribution in [0, 0.1) is 0 Å². The molecule has 1 unspecified atom stereocenters. The summed E-state index contributed by atoms with van der Waals surface area (Å²) in [4.78, 5) is -0.376. The molecule has 0 radical (unpaired) electrons. The van der Waals surface area contributed by atoms with Gasteiger partial charge in [0.2, 0.25) is 10.0 Å². The molecule has 0 aliphatic heterocycles. The van der Waals surface area contributed by atoms with Crippen LogP contribution in [0.1, 0.15) is 0 Å². The zero-order chi connectivity index (χ0) is 15.6. The van der Waals surface area contributed by atoms with Crippen molar-refractivity contribution in [2.45, 2.75) is 17.2 Å². The van der Waals surface area contributed by atoms with Crippen LogP contribution < -0.4 is 9.46 Å². The molecule has 0 spiro atoms. The van der Waals surface area contributed by atoms with E-state index in [1.807, 2.05) is 0 Å². The lowest BCUT2D eigenvalue weighted by Crippen LogP contribution is -2.40. The van der Waals surface area contributed by atoms with E-state index >= 15 is 0 Å². The average molecular weight is 334 g/mol. The summed E-state index contributed by atoms with van der Waals surface area (Å²) in [6, 6.07) is 3.54. The predicted octanol–water partition coefficient (Wildman–Crippen LogP) is 1.55. The van der Waals surface area contributed by atoms with Crippen LogP contribution in [0.3, 0.4) is 0 Å². The van der Waals surface area contributed by atoms with E-state index in [0.29, 0.717) is 0 Å². The summed E-state index contributed by atoms with van der Waals surface area (Å²) >= 11 is 5.65. The molecular weight excluding hydrogens is 323 g/mol. The summed E-state index contributed by atoms with van der Waals surface area (Å²) in [5.74, 6) is -0.119. The van der Waals surface area contributed by atoms with Crippen molar-refractivity contribution < 1.29 is 31.4 Å². The molecule has 0 fully saturated rings. The topological polar surface area (TPSA) is 75.6 Å². The number of ether oxygens (including phenoxy) is 1. The Bertz CT molecular complexity index is 576. The van der Waals surface area contributed by atoms with Crippen LogP contribution >= 0.6 is 11.6 Å². The summed E-state index contributed by atoms with van der Waals surface area (Å²) in [5, 5.41) is 8.97. The van der Waals surface area contributed by atoms with Gasteiger partial charge in [-0.05, 0) is 12.1 Å². The maximum Gasteiger partial charge on any atom is 0.415 e. The van der Waals surface area contributed by atoms with Crippen LogP contribution in [0.15, 0.2) is 23.1 Å². The van der Waals surface area contributed by atoms with Crippen LogP contribution in [0.5, 0.6) is 5.75 Å². The first-order chi connectivity index (χ1) is 9.08. The Morgan fingerprint density at radius 2 is 2.05 bits per heavy atom. The van der Waals surface area contributed by atoms with Crippen LogP contribution in [0.2, 0.25) is 5.02 Å². The minimum atomic E-state index is -4.91. The molecule has 0 amide bonds. The molecule has 1 rings (SSSR count). The fourth-order valence-corrected chi connectivity index (χ4v) is 2.59. The molecule has 1 aromatic carbocycles. The third-order valence-corrected chi connectivity index (χ3v) is 3.96. The Balaban J connectivity index is 2.95. The molecule has 10 heteroatoms. The number of rotatable bonds is 5. The molecule has 2 N–H and O–H groups in total. The molecule has 0 aliphatic carbocycles. The van der Waals surface area contributed by atoms with Crippen molar-refractivity contribution in [2.75, 3.05) is 13.7 Å². The maximum atomic E-state index is 12.1. The molecule has 0 bridgehead atoms. The first-order valence-corrected chi connectivity index (χ1v) is 7.02. The van der Waals surface area contributed by atoms with Gasteiger partial charge in [-0.25, -0.2) is 13.1 Å². The van der Waals surface area contributed by atoms with Gasteiger partial charge in [-0.15, -0.1) is 0 Å². The summed E-state index contributed by atoms with van der Waals surface area (Å²) in [6.07, 6.45) is -7.71. The highest BCUT2D eigenvalue weighted by molar-refractivity contribution is 7.89. The van der Waals surface area contributed by atoms with Crippen molar-refractivity contribution in [2.24, 2.45) is 0 Å². The molecule has 20 heavy (non-hydrogen) atoms. The van der Waals surface area contributed by atoms with Crippen molar-refractivity contribution in [1.82, 2.24) is 4.72 Å². The Hall–Kier alpha value is -1.03. The Labute approximate surface area is 118 Å². The first kappa shape index (κ1) is 17.0. The number of hydrogen-bond acceptors (Lipinski definition) is 4. The van der Waals surface area contributed by atoms with Crippen molar-refractivity contribution >= 4 is 21.6 Å². The first-order valence-electron chi connectivity index (χ1n) is 5.16. The van der Waals surface area contributed by atoms with Crippen LogP contribution in [0.25, 0.3) is 0 Å². The van der Waals surface area contributed by atoms with Gasteiger partial charge in [0.15, 0.2) is 6.10 Å². The molecule has 5 nitrogen and oxygen atoms in total. The van der Waals surface area contributed by atoms with Gasteiger partial charge < -0.3 is 9.84 Å². The van der Waals surface area contributed by atoms with Crippen molar-refractivity contribution in [1.29, 1.82) is 0 Å². The van der Waals surface area contributed by atoms with E-state index in [9.17, 15) is 21.6 Å². The van der Waals surface area contributed by atoms with Gasteiger partial charge in [-0.2, -0.15) is 13.2 Å². The Morgan fingerprint density at radius 1 is 1.45 bits per heavy atom. The number of alkyl halides is 3. The van der Waals surface area contributed by atoms with Crippen LogP contribution in [-0.2, 0) is 10.0 Å². The fourth-order valence-electron chi connectivity index (χ4n) is 1.25. The van der Waals surface area contributed by atoms with Crippen LogP contribution in [-0.4, -0.2) is 39.5 Å². The standard InChI is InChI=1S/C10H11ClF3NO4S/c1-19-7-4-6(11)2-3-8(7)20(17,18)15-5-9(16)10(12,13)14/h2-4,9,15-16H,5H2,1H3. The lowest BCUT2D eigenvalue weighted by molar-refractivity contribution is -0.200. The zero-order valence-electron chi connectivity index (χ0n) is 10.1. The molecule has 0 saturated heterocycles. The van der Waals surface area contributed by atoms with Gasteiger partial charge >= 0.3 is 6.18 Å². The second-order valence-electron chi connectivity index (χ2n) is 3.70. The van der Waals surface area contributed by atoms with Crippen molar-refractivity contribution in [3.8, 4) is 5.75 Å². The van der Waals surface area contributed by atoms with Crippen molar-refractivity contribution in [3.63, 3.8) is 0 Å². The summed E-state index contributed by atoms with van der Waals surface area (Å²) in [6.45, 7) is -1.20. The average Bonchev–Trinajstić information content (AvgIpc) is 2.34. The molecule has 114 valence electrons. The van der Waals surface area contributed by atoms with E-state index in [1.165, 1.54) is 19.2 Å². The largest absolute Gasteiger partial charge is 0.495 e. The molecule has 0 heterocycles. The van der Waals surface area contributed by atoms with Gasteiger partial charge in [0.1, 0.15) is 10.6 Å². The number of benzene rings is 1. The molecule has 1 atom stereocenters. The lowest BCUT2D eigenvalue weighted by atomic mass is 10.3.